The SMILES string of the molecule is CC(NC(=O)c1ccc(-c2cc(C3CCN(C)CC3)cnc2N)cc1F)c1cccc(Cl)c1. The van der Waals surface area contributed by atoms with Gasteiger partial charge in [-0.15, -0.1) is 0 Å². The van der Waals surface area contributed by atoms with Crippen LogP contribution >= 0.6 is 11.6 Å². The molecule has 0 spiro atoms. The molecule has 1 atom stereocenters. The van der Waals surface area contributed by atoms with Gasteiger partial charge in [0.1, 0.15) is 11.6 Å². The van der Waals surface area contributed by atoms with Crippen molar-refractivity contribution < 1.29 is 9.18 Å². The van der Waals surface area contributed by atoms with Gasteiger partial charge >= 0.3 is 0 Å². The van der Waals surface area contributed by atoms with Gasteiger partial charge in [-0.05, 0) is 92.8 Å². The predicted molar refractivity (Wildman–Crippen MR) is 131 cm³/mol. The average Bonchev–Trinajstić information content (AvgIpc) is 2.80. The number of nitrogens with two attached hydrogens (primary N) is 1. The van der Waals surface area contributed by atoms with Gasteiger partial charge in [0.15, 0.2) is 0 Å². The number of hydrogen-bond acceptors (Lipinski definition) is 4. The molecule has 0 aliphatic carbocycles. The molecule has 0 saturated carbocycles. The molecule has 1 saturated heterocycles. The Balaban J connectivity index is 1.53. The summed E-state index contributed by atoms with van der Waals surface area (Å²) in [4.78, 5) is 19.4. The zero-order valence-corrected chi connectivity index (χ0v) is 19.6. The quantitative estimate of drug-likeness (QED) is 0.526. The van der Waals surface area contributed by atoms with Crippen LogP contribution in [0.4, 0.5) is 10.2 Å². The molecule has 0 radical (unpaired) electrons. The van der Waals surface area contributed by atoms with Crippen molar-refractivity contribution in [2.24, 2.45) is 0 Å². The number of benzene rings is 2. The molecule has 3 N–H and O–H groups in total. The van der Waals surface area contributed by atoms with Crippen molar-refractivity contribution in [1.29, 1.82) is 0 Å². The van der Waals surface area contributed by atoms with Gasteiger partial charge < -0.3 is 16.0 Å². The second-order valence-corrected chi connectivity index (χ2v) is 9.16. The highest BCUT2D eigenvalue weighted by Gasteiger charge is 2.21. The van der Waals surface area contributed by atoms with E-state index in [-0.39, 0.29) is 11.6 Å². The van der Waals surface area contributed by atoms with Gasteiger partial charge in [-0.25, -0.2) is 9.37 Å². The summed E-state index contributed by atoms with van der Waals surface area (Å²) < 4.78 is 15.0. The van der Waals surface area contributed by atoms with Gasteiger partial charge in [0.25, 0.3) is 5.91 Å². The lowest BCUT2D eigenvalue weighted by atomic mass is 9.89. The Morgan fingerprint density at radius 2 is 1.97 bits per heavy atom. The summed E-state index contributed by atoms with van der Waals surface area (Å²) in [5, 5.41) is 3.41. The molecule has 1 aromatic heterocycles. The fourth-order valence-corrected chi connectivity index (χ4v) is 4.49. The lowest BCUT2D eigenvalue weighted by Crippen LogP contribution is -2.29. The van der Waals surface area contributed by atoms with Crippen molar-refractivity contribution in [1.82, 2.24) is 15.2 Å². The van der Waals surface area contributed by atoms with E-state index >= 15 is 0 Å². The lowest BCUT2D eigenvalue weighted by molar-refractivity contribution is 0.0936. The third-order valence-electron chi connectivity index (χ3n) is 6.35. The highest BCUT2D eigenvalue weighted by molar-refractivity contribution is 6.30. The Hall–Kier alpha value is -2.96. The predicted octanol–water partition coefficient (Wildman–Crippen LogP) is 5.42. The first-order valence-electron chi connectivity index (χ1n) is 11.1. The molecular weight excluding hydrogens is 439 g/mol. The first kappa shape index (κ1) is 23.2. The van der Waals surface area contributed by atoms with Crippen LogP contribution in [0.5, 0.6) is 0 Å². The molecule has 0 bridgehead atoms. The standard InChI is InChI=1S/C26H28ClFN4O/c1-16(18-4-3-5-21(27)12-18)31-26(33)22-7-6-19(14-24(22)28)23-13-20(15-30-25(23)29)17-8-10-32(2)11-9-17/h3-7,12-17H,8-11H2,1-2H3,(H2,29,30)(H,31,33). The number of likely N-dealkylation sites (tertiary alicyclic amines) is 1. The Labute approximate surface area is 198 Å². The number of nitrogens with one attached hydrogen (secondary N) is 1. The normalized spacial score (nSPS) is 15.9. The number of aromatic nitrogens is 1. The average molecular weight is 467 g/mol. The Kier molecular flexibility index (Phi) is 6.96. The Bertz CT molecular complexity index is 1160. The van der Waals surface area contributed by atoms with Gasteiger partial charge in [-0.1, -0.05) is 29.8 Å². The fraction of sp³-hybridized carbons (Fsp3) is 0.308. The maximum atomic E-state index is 15.0. The summed E-state index contributed by atoms with van der Waals surface area (Å²) >= 11 is 6.03. The van der Waals surface area contributed by atoms with Crippen molar-refractivity contribution >= 4 is 23.3 Å². The van der Waals surface area contributed by atoms with E-state index in [1.807, 2.05) is 31.3 Å². The van der Waals surface area contributed by atoms with Crippen LogP contribution in [-0.4, -0.2) is 35.9 Å². The number of carbonyl (C=O) groups excluding carboxylic acids is 1. The number of halogens is 2. The zero-order chi connectivity index (χ0) is 23.5. The topological polar surface area (TPSA) is 71.2 Å². The van der Waals surface area contributed by atoms with Gasteiger partial charge in [0.05, 0.1) is 11.6 Å². The molecule has 172 valence electrons. The molecule has 1 amide bonds. The summed E-state index contributed by atoms with van der Waals surface area (Å²) in [5.74, 6) is -0.334. The van der Waals surface area contributed by atoms with Crippen LogP contribution in [0.1, 0.15) is 53.2 Å². The third kappa shape index (κ3) is 5.34. The highest BCUT2D eigenvalue weighted by atomic mass is 35.5. The molecule has 5 nitrogen and oxygen atoms in total. The van der Waals surface area contributed by atoms with Crippen LogP contribution in [0, 0.1) is 5.82 Å². The van der Waals surface area contributed by atoms with Crippen LogP contribution in [0.3, 0.4) is 0 Å². The Morgan fingerprint density at radius 1 is 1.21 bits per heavy atom. The molecule has 7 heteroatoms. The second kappa shape index (κ2) is 9.89. The number of nitrogen functional groups attached to an aromatic ring is 1. The van der Waals surface area contributed by atoms with E-state index in [2.05, 4.69) is 22.2 Å². The van der Waals surface area contributed by atoms with Crippen LogP contribution < -0.4 is 11.1 Å². The van der Waals surface area contributed by atoms with Gasteiger partial charge in [-0.3, -0.25) is 4.79 Å². The molecule has 1 unspecified atom stereocenters. The highest BCUT2D eigenvalue weighted by Crippen LogP contribution is 2.33. The van der Waals surface area contributed by atoms with Gasteiger partial charge in [-0.2, -0.15) is 0 Å². The first-order valence-corrected chi connectivity index (χ1v) is 11.5. The summed E-state index contributed by atoms with van der Waals surface area (Å²) in [7, 11) is 2.12. The maximum absolute atomic E-state index is 15.0. The molecular formula is C26H28ClFN4O. The number of piperidine rings is 1. The lowest BCUT2D eigenvalue weighted by Gasteiger charge is -2.29. The van der Waals surface area contributed by atoms with E-state index in [1.54, 1.807) is 18.2 Å². The van der Waals surface area contributed by atoms with E-state index in [0.717, 1.165) is 37.1 Å². The van der Waals surface area contributed by atoms with Crippen molar-refractivity contribution in [3.63, 3.8) is 0 Å². The number of rotatable bonds is 5. The number of anilines is 1. The van der Waals surface area contributed by atoms with Crippen molar-refractivity contribution in [2.45, 2.75) is 31.7 Å². The summed E-state index contributed by atoms with van der Waals surface area (Å²) in [6, 6.07) is 13.5. The molecule has 1 aliphatic rings. The molecule has 4 rings (SSSR count). The van der Waals surface area contributed by atoms with E-state index in [0.29, 0.717) is 27.9 Å². The number of pyridine rings is 1. The van der Waals surface area contributed by atoms with Crippen molar-refractivity contribution in [3.8, 4) is 11.1 Å². The molecule has 3 aromatic rings. The van der Waals surface area contributed by atoms with Crippen LogP contribution in [0.2, 0.25) is 5.02 Å². The monoisotopic (exact) mass is 466 g/mol. The summed E-state index contributed by atoms with van der Waals surface area (Å²) in [6.07, 6.45) is 3.93. The molecule has 1 aliphatic heterocycles. The first-order chi connectivity index (χ1) is 15.8. The van der Waals surface area contributed by atoms with Gasteiger partial charge in [0.2, 0.25) is 0 Å². The fourth-order valence-electron chi connectivity index (χ4n) is 4.29. The minimum absolute atomic E-state index is 0.0226. The van der Waals surface area contributed by atoms with Crippen molar-refractivity contribution in [3.05, 3.63) is 82.3 Å². The van der Waals surface area contributed by atoms with E-state index in [1.165, 1.54) is 12.1 Å². The number of carbonyl (C=O) groups is 1. The third-order valence-corrected chi connectivity index (χ3v) is 6.59. The second-order valence-electron chi connectivity index (χ2n) is 8.72. The molecule has 2 heterocycles. The molecule has 2 aromatic carbocycles. The van der Waals surface area contributed by atoms with Crippen molar-refractivity contribution in [2.75, 3.05) is 25.9 Å². The Morgan fingerprint density at radius 3 is 2.67 bits per heavy atom. The zero-order valence-electron chi connectivity index (χ0n) is 18.8. The van der Waals surface area contributed by atoms with Crippen LogP contribution in [0.25, 0.3) is 11.1 Å². The number of amides is 1. The minimum atomic E-state index is -0.604. The van der Waals surface area contributed by atoms with E-state index < -0.39 is 11.7 Å². The largest absolute Gasteiger partial charge is 0.383 e. The number of nitrogens with zero attached hydrogens (tertiary/aromatic N) is 2. The summed E-state index contributed by atoms with van der Waals surface area (Å²) in [6.45, 7) is 3.91. The number of hydrogen-bond donors (Lipinski definition) is 2. The van der Waals surface area contributed by atoms with Gasteiger partial charge in [0, 0.05) is 16.8 Å². The van der Waals surface area contributed by atoms with E-state index in [9.17, 15) is 9.18 Å². The molecule has 1 fully saturated rings. The van der Waals surface area contributed by atoms with Crippen LogP contribution in [-0.2, 0) is 0 Å². The smallest absolute Gasteiger partial charge is 0.254 e. The van der Waals surface area contributed by atoms with Crippen LogP contribution in [0.15, 0.2) is 54.7 Å². The molecule has 33 heavy (non-hydrogen) atoms. The van der Waals surface area contributed by atoms with E-state index in [4.69, 9.17) is 17.3 Å². The maximum Gasteiger partial charge on any atom is 0.254 e. The summed E-state index contributed by atoms with van der Waals surface area (Å²) in [5.41, 5.74) is 9.36. The minimum Gasteiger partial charge on any atom is -0.383 e.